The molecule has 2 N–H and O–H groups in total. The van der Waals surface area contributed by atoms with Crippen molar-refractivity contribution in [2.75, 3.05) is 5.32 Å². The number of hydrogen-bond acceptors (Lipinski definition) is 9. The first-order valence-corrected chi connectivity index (χ1v) is 11.5. The van der Waals surface area contributed by atoms with Gasteiger partial charge in [-0.15, -0.1) is 0 Å². The monoisotopic (exact) mass is 502 g/mol. The third kappa shape index (κ3) is 6.88. The summed E-state index contributed by atoms with van der Waals surface area (Å²) in [4.78, 5) is 35.6. The van der Waals surface area contributed by atoms with Gasteiger partial charge in [-0.2, -0.15) is 0 Å². The highest BCUT2D eigenvalue weighted by atomic mass is 16.6. The molecule has 0 radical (unpaired) electrons. The molecule has 0 aliphatic rings. The molecule has 11 nitrogen and oxygen atoms in total. The summed E-state index contributed by atoms with van der Waals surface area (Å²) in [5, 5.41) is 18.2. The minimum atomic E-state index is -0.578. The van der Waals surface area contributed by atoms with Crippen LogP contribution in [0.15, 0.2) is 67.1 Å². The molecule has 1 amide bonds. The molecule has 2 heterocycles. The largest absolute Gasteiger partial charge is 0.488 e. The third-order valence-corrected chi connectivity index (χ3v) is 5.05. The second kappa shape index (κ2) is 10.9. The Morgan fingerprint density at radius 2 is 1.78 bits per heavy atom. The smallest absolute Gasteiger partial charge is 0.407 e. The zero-order valence-corrected chi connectivity index (χ0v) is 20.6. The van der Waals surface area contributed by atoms with Crippen molar-refractivity contribution >= 4 is 34.2 Å². The Bertz CT molecular complexity index is 1420. The van der Waals surface area contributed by atoms with Gasteiger partial charge in [0.15, 0.2) is 0 Å². The van der Waals surface area contributed by atoms with Crippen molar-refractivity contribution in [1.82, 2.24) is 20.3 Å². The normalized spacial score (nSPS) is 11.1. The molecule has 37 heavy (non-hydrogen) atoms. The maximum absolute atomic E-state index is 11.8. The van der Waals surface area contributed by atoms with E-state index in [1.807, 2.05) is 18.2 Å². The zero-order valence-electron chi connectivity index (χ0n) is 20.6. The van der Waals surface area contributed by atoms with Gasteiger partial charge in [-0.05, 0) is 50.6 Å². The first-order valence-electron chi connectivity index (χ1n) is 11.5. The number of nitro benzene ring substituents is 1. The molecule has 0 bridgehead atoms. The number of carbonyl (C=O) groups excluding carboxylic acids is 1. The highest BCUT2D eigenvalue weighted by Gasteiger charge is 2.16. The summed E-state index contributed by atoms with van der Waals surface area (Å²) < 4.78 is 11.2. The van der Waals surface area contributed by atoms with Crippen LogP contribution in [0.5, 0.6) is 5.75 Å². The van der Waals surface area contributed by atoms with Crippen LogP contribution in [-0.2, 0) is 17.9 Å². The summed E-state index contributed by atoms with van der Waals surface area (Å²) in [6.45, 7) is 5.80. The number of nitrogens with zero attached hydrogens (tertiary/aromatic N) is 4. The van der Waals surface area contributed by atoms with Crippen molar-refractivity contribution in [3.63, 3.8) is 0 Å². The van der Waals surface area contributed by atoms with Crippen LogP contribution in [0.1, 0.15) is 32.0 Å². The van der Waals surface area contributed by atoms with E-state index in [0.29, 0.717) is 33.9 Å². The number of benzene rings is 2. The molecule has 0 fully saturated rings. The fourth-order valence-electron chi connectivity index (χ4n) is 3.45. The van der Waals surface area contributed by atoms with E-state index >= 15 is 0 Å². The minimum Gasteiger partial charge on any atom is -0.488 e. The van der Waals surface area contributed by atoms with Gasteiger partial charge in [-0.1, -0.05) is 18.2 Å². The van der Waals surface area contributed by atoms with Gasteiger partial charge < -0.3 is 20.1 Å². The predicted molar refractivity (Wildman–Crippen MR) is 138 cm³/mol. The molecule has 4 rings (SSSR count). The van der Waals surface area contributed by atoms with Crippen LogP contribution in [0.4, 0.5) is 22.1 Å². The Hall–Kier alpha value is -4.80. The number of hydrogen-bond donors (Lipinski definition) is 2. The molecule has 2 aromatic heterocycles. The molecule has 0 aliphatic heterocycles. The summed E-state index contributed by atoms with van der Waals surface area (Å²) in [5.74, 6) is 1.57. The number of fused-ring (bicyclic) bond motifs is 1. The van der Waals surface area contributed by atoms with Crippen molar-refractivity contribution in [3.05, 3.63) is 88.5 Å². The number of non-ortho nitro benzene ring substituents is 1. The van der Waals surface area contributed by atoms with Gasteiger partial charge >= 0.3 is 6.09 Å². The number of pyridine rings is 1. The maximum atomic E-state index is 11.8. The summed E-state index contributed by atoms with van der Waals surface area (Å²) in [7, 11) is 0. The van der Waals surface area contributed by atoms with E-state index in [4.69, 9.17) is 9.47 Å². The van der Waals surface area contributed by atoms with E-state index in [2.05, 4.69) is 25.6 Å². The highest BCUT2D eigenvalue weighted by molar-refractivity contribution is 5.95. The number of rotatable bonds is 8. The molecule has 0 saturated heterocycles. The number of nitrogens with one attached hydrogen (secondary N) is 2. The Labute approximate surface area is 213 Å². The Kier molecular flexibility index (Phi) is 7.42. The molecule has 0 saturated carbocycles. The molecule has 0 atom stereocenters. The number of aromatic nitrogens is 3. The van der Waals surface area contributed by atoms with Crippen molar-refractivity contribution in [2.45, 2.75) is 39.5 Å². The second-order valence-corrected chi connectivity index (χ2v) is 9.10. The Balaban J connectivity index is 1.37. The molecule has 0 spiro atoms. The third-order valence-electron chi connectivity index (χ3n) is 5.05. The molecule has 0 aliphatic carbocycles. The number of ether oxygens (including phenoxy) is 2. The number of amides is 1. The van der Waals surface area contributed by atoms with Gasteiger partial charge in [0, 0.05) is 17.6 Å². The van der Waals surface area contributed by atoms with E-state index in [-0.39, 0.29) is 18.8 Å². The van der Waals surface area contributed by atoms with Crippen LogP contribution in [-0.4, -0.2) is 31.6 Å². The van der Waals surface area contributed by atoms with Gasteiger partial charge in [0.05, 0.1) is 34.9 Å². The number of anilines is 2. The zero-order chi connectivity index (χ0) is 26.4. The highest BCUT2D eigenvalue weighted by Crippen LogP contribution is 2.33. The molecule has 11 heteroatoms. The molecule has 190 valence electrons. The first kappa shape index (κ1) is 25.3. The molecule has 2 aromatic carbocycles. The molecular weight excluding hydrogens is 476 g/mol. The Morgan fingerprint density at radius 3 is 2.49 bits per heavy atom. The minimum absolute atomic E-state index is 0.0334. The molecule has 4 aromatic rings. The van der Waals surface area contributed by atoms with E-state index in [1.165, 1.54) is 6.07 Å². The second-order valence-electron chi connectivity index (χ2n) is 9.10. The fourth-order valence-corrected chi connectivity index (χ4v) is 3.45. The van der Waals surface area contributed by atoms with Crippen LogP contribution < -0.4 is 15.4 Å². The summed E-state index contributed by atoms with van der Waals surface area (Å²) in [5.41, 5.74) is 0.866. The summed E-state index contributed by atoms with van der Waals surface area (Å²) in [6, 6.07) is 13.7. The topological polar surface area (TPSA) is 141 Å². The summed E-state index contributed by atoms with van der Waals surface area (Å²) in [6.07, 6.45) is 4.20. The average Bonchev–Trinajstić information content (AvgIpc) is 2.86. The van der Waals surface area contributed by atoms with Crippen LogP contribution in [0.25, 0.3) is 10.8 Å². The lowest BCUT2D eigenvalue weighted by Gasteiger charge is -2.19. The van der Waals surface area contributed by atoms with Gasteiger partial charge in [-0.25, -0.2) is 14.8 Å². The van der Waals surface area contributed by atoms with E-state index in [0.717, 1.165) is 5.56 Å². The van der Waals surface area contributed by atoms with Crippen LogP contribution >= 0.6 is 0 Å². The van der Waals surface area contributed by atoms with Crippen molar-refractivity contribution < 1.29 is 19.2 Å². The standard InChI is InChI=1S/C26H26N6O5/c1-26(2,3)37-25(33)30-14-18-13-29-24(15-28-18)31-23-12-17(10-11-27-23)16-36-22-9-8-21(32(34)35)19-6-4-5-7-20(19)22/h4-13,15H,14,16H2,1-3H3,(H,30,33)(H,27,29,31). The van der Waals surface area contributed by atoms with E-state index < -0.39 is 16.6 Å². The van der Waals surface area contributed by atoms with Crippen LogP contribution in [0, 0.1) is 10.1 Å². The lowest BCUT2D eigenvalue weighted by Crippen LogP contribution is -2.32. The SMILES string of the molecule is CC(C)(C)OC(=O)NCc1cnc(Nc2cc(COc3ccc([N+](=O)[O-])c4ccccc34)ccn2)cn1. The predicted octanol–water partition coefficient (Wildman–Crippen LogP) is 5.28. The lowest BCUT2D eigenvalue weighted by atomic mass is 10.1. The quantitative estimate of drug-likeness (QED) is 0.243. The van der Waals surface area contributed by atoms with E-state index in [9.17, 15) is 14.9 Å². The average molecular weight is 503 g/mol. The number of alkyl carbamates (subject to hydrolysis) is 1. The maximum Gasteiger partial charge on any atom is 0.407 e. The number of carbonyl (C=O) groups is 1. The van der Waals surface area contributed by atoms with Gasteiger partial charge in [0.25, 0.3) is 5.69 Å². The molecular formula is C26H26N6O5. The lowest BCUT2D eigenvalue weighted by molar-refractivity contribution is -0.383. The fraction of sp³-hybridized carbons (Fsp3) is 0.231. The Morgan fingerprint density at radius 1 is 1.00 bits per heavy atom. The number of nitro groups is 1. The van der Waals surface area contributed by atoms with Gasteiger partial charge in [-0.3, -0.25) is 15.1 Å². The van der Waals surface area contributed by atoms with E-state index in [1.54, 1.807) is 63.6 Å². The van der Waals surface area contributed by atoms with Crippen molar-refractivity contribution in [2.24, 2.45) is 0 Å². The van der Waals surface area contributed by atoms with Crippen LogP contribution in [0.3, 0.4) is 0 Å². The first-order chi connectivity index (χ1) is 17.7. The van der Waals surface area contributed by atoms with Crippen molar-refractivity contribution in [3.8, 4) is 5.75 Å². The van der Waals surface area contributed by atoms with Crippen LogP contribution in [0.2, 0.25) is 0 Å². The van der Waals surface area contributed by atoms with Gasteiger partial charge in [0.2, 0.25) is 0 Å². The van der Waals surface area contributed by atoms with Gasteiger partial charge in [0.1, 0.15) is 29.6 Å². The van der Waals surface area contributed by atoms with Crippen molar-refractivity contribution in [1.29, 1.82) is 0 Å². The summed E-state index contributed by atoms with van der Waals surface area (Å²) >= 11 is 0. The molecule has 0 unspecified atom stereocenters.